The lowest BCUT2D eigenvalue weighted by atomic mass is 10.1. The van der Waals surface area contributed by atoms with Gasteiger partial charge in [0.15, 0.2) is 0 Å². The molecule has 0 aliphatic carbocycles. The second-order valence-electron chi connectivity index (χ2n) is 3.72. The summed E-state index contributed by atoms with van der Waals surface area (Å²) in [6.45, 7) is -0.545. The van der Waals surface area contributed by atoms with Gasteiger partial charge in [-0.2, -0.15) is 35.1 Å². The van der Waals surface area contributed by atoms with Crippen LogP contribution in [0.2, 0.25) is 0 Å². The number of hydrogen-bond donors (Lipinski definition) is 0. The minimum absolute atomic E-state index is 0.197. The largest absolute Gasteiger partial charge is 0.400 e. The molecule has 0 bridgehead atoms. The molecule has 0 saturated carbocycles. The molecule has 2 nitrogen and oxygen atoms in total. The van der Waals surface area contributed by atoms with Crippen LogP contribution >= 0.6 is 0 Å². The van der Waals surface area contributed by atoms with Crippen LogP contribution in [0.5, 0.6) is 0 Å². The molecule has 0 aliphatic heterocycles. The van der Waals surface area contributed by atoms with Crippen LogP contribution < -0.4 is 0 Å². The van der Waals surface area contributed by atoms with Gasteiger partial charge >= 0.3 is 24.0 Å². The average molecular weight is 307 g/mol. The van der Waals surface area contributed by atoms with Crippen molar-refractivity contribution in [3.8, 4) is 0 Å². The van der Waals surface area contributed by atoms with Crippen molar-refractivity contribution in [3.63, 3.8) is 0 Å². The van der Waals surface area contributed by atoms with Crippen molar-refractivity contribution in [2.45, 2.75) is 37.2 Å². The van der Waals surface area contributed by atoms with Gasteiger partial charge in [-0.1, -0.05) is 0 Å². The van der Waals surface area contributed by atoms with Crippen LogP contribution in [0, 0.1) is 0 Å². The van der Waals surface area contributed by atoms with Crippen molar-refractivity contribution in [3.05, 3.63) is 0 Å². The van der Waals surface area contributed by atoms with Gasteiger partial charge < -0.3 is 4.74 Å². The minimum Gasteiger partial charge on any atom is -0.320 e. The molecule has 0 aromatic heterocycles. The summed E-state index contributed by atoms with van der Waals surface area (Å²) in [5, 5.41) is 0. The van der Waals surface area contributed by atoms with E-state index in [0.29, 0.717) is 0 Å². The first-order valence-electron chi connectivity index (χ1n) is 4.56. The fraction of sp³-hybridized carbons (Fsp3) is 1.00. The van der Waals surface area contributed by atoms with Crippen molar-refractivity contribution in [1.82, 2.24) is 4.90 Å². The molecule has 0 amide bonds. The molecule has 0 rings (SSSR count). The molecular weight excluding hydrogens is 297 g/mol. The maximum Gasteiger partial charge on any atom is 0.400 e. The van der Waals surface area contributed by atoms with Gasteiger partial charge in [-0.25, -0.2) is 9.29 Å². The van der Waals surface area contributed by atoms with Gasteiger partial charge in [0.05, 0.1) is 0 Å². The Morgan fingerprint density at radius 1 is 0.947 bits per heavy atom. The topological polar surface area (TPSA) is 12.5 Å². The Balaban J connectivity index is 5.44. The number of ether oxygens (including phenoxy) is 1. The lowest BCUT2D eigenvalue weighted by Gasteiger charge is -2.38. The van der Waals surface area contributed by atoms with Crippen molar-refractivity contribution >= 4 is 0 Å². The Bertz CT molecular complexity index is 314. The smallest absolute Gasteiger partial charge is 0.320 e. The first-order chi connectivity index (χ1) is 8.13. The van der Waals surface area contributed by atoms with Crippen molar-refractivity contribution in [2.24, 2.45) is 0 Å². The minimum atomic E-state index is -6.07. The number of hydrogen-bond acceptors (Lipinski definition) is 2. The average Bonchev–Trinajstić information content (AvgIpc) is 2.25. The highest BCUT2D eigenvalue weighted by atomic mass is 19.3. The predicted molar refractivity (Wildman–Crippen MR) is 45.1 cm³/mol. The number of nitrogens with zero attached hydrogens (tertiary/aromatic N) is 1. The van der Waals surface area contributed by atoms with Crippen LogP contribution in [0.15, 0.2) is 0 Å². The van der Waals surface area contributed by atoms with Crippen molar-refractivity contribution < 1.29 is 44.3 Å². The first kappa shape index (κ1) is 18.3. The van der Waals surface area contributed by atoms with E-state index in [1.807, 2.05) is 0 Å². The summed E-state index contributed by atoms with van der Waals surface area (Å²) < 4.78 is 118. The van der Waals surface area contributed by atoms with E-state index in [9.17, 15) is 39.5 Å². The molecule has 0 heterocycles. The van der Waals surface area contributed by atoms with Gasteiger partial charge in [-0.3, -0.25) is 0 Å². The fourth-order valence-electron chi connectivity index (χ4n) is 0.951. The highest BCUT2D eigenvalue weighted by molar-refractivity contribution is 4.94. The van der Waals surface area contributed by atoms with Gasteiger partial charge in [-0.05, 0) is 7.05 Å². The van der Waals surface area contributed by atoms with E-state index in [-0.39, 0.29) is 14.2 Å². The molecule has 0 N–H and O–H groups in total. The molecule has 0 saturated heterocycles. The normalized spacial score (nSPS) is 16.9. The molecule has 116 valence electrons. The van der Waals surface area contributed by atoms with Crippen LogP contribution in [0.4, 0.5) is 39.5 Å². The second-order valence-corrected chi connectivity index (χ2v) is 3.72. The van der Waals surface area contributed by atoms with E-state index in [1.54, 1.807) is 0 Å². The number of rotatable bonds is 6. The highest BCUT2D eigenvalue weighted by Crippen LogP contribution is 2.48. The van der Waals surface area contributed by atoms with Crippen LogP contribution in [0.1, 0.15) is 6.92 Å². The Morgan fingerprint density at radius 3 is 1.58 bits per heavy atom. The Kier molecular flexibility index (Phi) is 4.81. The van der Waals surface area contributed by atoms with E-state index in [2.05, 4.69) is 4.74 Å². The Morgan fingerprint density at radius 2 is 1.32 bits per heavy atom. The van der Waals surface area contributed by atoms with Gasteiger partial charge in [0.25, 0.3) is 0 Å². The number of alkyl halides is 9. The molecule has 11 heteroatoms. The lowest BCUT2D eigenvalue weighted by molar-refractivity contribution is -0.385. The van der Waals surface area contributed by atoms with Crippen molar-refractivity contribution in [2.75, 3.05) is 14.2 Å². The van der Waals surface area contributed by atoms with Gasteiger partial charge in [0.2, 0.25) is 6.30 Å². The molecule has 0 aliphatic rings. The molecular formula is C8H10F9NO. The zero-order chi connectivity index (χ0) is 15.9. The molecule has 0 aromatic carbocycles. The fourth-order valence-corrected chi connectivity index (χ4v) is 0.951. The summed E-state index contributed by atoms with van der Waals surface area (Å²) in [5.41, 5.74) is 0. The second kappa shape index (κ2) is 5.00. The van der Waals surface area contributed by atoms with E-state index in [4.69, 9.17) is 0 Å². The predicted octanol–water partition coefficient (Wildman–Crippen LogP) is 3.34. The highest BCUT2D eigenvalue weighted by Gasteiger charge is 2.73. The molecule has 1 unspecified atom stereocenters. The summed E-state index contributed by atoms with van der Waals surface area (Å²) in [7, 11) is 0.0301. The van der Waals surface area contributed by atoms with E-state index < -0.39 is 42.1 Å². The zero-order valence-electron chi connectivity index (χ0n) is 9.83. The number of methoxy groups -OCH3 is 1. The Hall–Kier alpha value is -0.710. The molecule has 1 atom stereocenters. The zero-order valence-corrected chi connectivity index (χ0v) is 9.83. The number of halogens is 9. The third kappa shape index (κ3) is 3.07. The Labute approximate surface area is 102 Å². The SMILES string of the molecule is COC(F)(F)C(F)N(C)C(F)(F)C(F)(F)C(C)(F)F. The summed E-state index contributed by atoms with van der Waals surface area (Å²) in [4.78, 5) is -1.51. The molecule has 19 heavy (non-hydrogen) atoms. The molecule has 0 aromatic rings. The summed E-state index contributed by atoms with van der Waals surface area (Å²) in [6, 6.07) is -5.87. The standard InChI is InChI=1S/C8H10F9NO/c1-5(10,11)7(14,15)8(16,17)18(2)4(9)6(12,13)19-3/h4H,1-3H3. The quantitative estimate of drug-likeness (QED) is 0.551. The maximum absolute atomic E-state index is 13.1. The van der Waals surface area contributed by atoms with Crippen LogP contribution in [0.25, 0.3) is 0 Å². The van der Waals surface area contributed by atoms with Crippen LogP contribution in [-0.2, 0) is 4.74 Å². The molecule has 0 spiro atoms. The molecule has 0 fully saturated rings. The maximum atomic E-state index is 13.1. The van der Waals surface area contributed by atoms with E-state index >= 15 is 0 Å². The molecule has 0 radical (unpaired) electrons. The van der Waals surface area contributed by atoms with Gasteiger partial charge in [0, 0.05) is 14.0 Å². The summed E-state index contributed by atoms with van der Waals surface area (Å²) in [6.07, 6.45) is -8.93. The van der Waals surface area contributed by atoms with Crippen molar-refractivity contribution in [1.29, 1.82) is 0 Å². The van der Waals surface area contributed by atoms with E-state index in [1.165, 1.54) is 0 Å². The number of likely N-dealkylation sites (N-methyl/N-ethyl adjacent to an activating group) is 1. The van der Waals surface area contributed by atoms with E-state index in [0.717, 1.165) is 0 Å². The third-order valence-electron chi connectivity index (χ3n) is 2.26. The van der Waals surface area contributed by atoms with Gasteiger partial charge in [-0.15, -0.1) is 0 Å². The third-order valence-corrected chi connectivity index (χ3v) is 2.26. The monoisotopic (exact) mass is 307 g/mol. The van der Waals surface area contributed by atoms with Crippen LogP contribution in [0.3, 0.4) is 0 Å². The summed E-state index contributed by atoms with van der Waals surface area (Å²) >= 11 is 0. The first-order valence-corrected chi connectivity index (χ1v) is 4.56. The lowest BCUT2D eigenvalue weighted by Crippen LogP contribution is -2.64. The summed E-state index contributed by atoms with van der Waals surface area (Å²) in [5.74, 6) is -11.3. The van der Waals surface area contributed by atoms with Gasteiger partial charge in [0.1, 0.15) is 0 Å². The van der Waals surface area contributed by atoms with Crippen LogP contribution in [-0.4, -0.2) is 49.4 Å².